The molecule has 0 bridgehead atoms. The summed E-state index contributed by atoms with van der Waals surface area (Å²) in [4.78, 5) is 0. The number of rotatable bonds is 4. The molecule has 0 saturated heterocycles. The third-order valence-corrected chi connectivity index (χ3v) is 2.62. The van der Waals surface area contributed by atoms with Crippen LogP contribution in [0.4, 0.5) is 17.6 Å². The summed E-state index contributed by atoms with van der Waals surface area (Å²) >= 11 is 0. The van der Waals surface area contributed by atoms with E-state index in [0.717, 1.165) is 0 Å². The van der Waals surface area contributed by atoms with Crippen LogP contribution in [0.5, 0.6) is 5.75 Å². The molecule has 108 valence electrons. The van der Waals surface area contributed by atoms with Crippen molar-refractivity contribution in [1.82, 2.24) is 0 Å². The number of benzene rings is 1. The highest BCUT2D eigenvalue weighted by Gasteiger charge is 2.26. The van der Waals surface area contributed by atoms with Gasteiger partial charge >= 0.3 is 0 Å². The van der Waals surface area contributed by atoms with Gasteiger partial charge in [-0.1, -0.05) is 20.8 Å². The van der Waals surface area contributed by atoms with Gasteiger partial charge in [0.15, 0.2) is 17.4 Å². The molecule has 2 nitrogen and oxygen atoms in total. The molecule has 0 amide bonds. The van der Waals surface area contributed by atoms with E-state index >= 15 is 0 Å². The Bertz CT molecular complexity index is 440. The van der Waals surface area contributed by atoms with Gasteiger partial charge in [0.1, 0.15) is 0 Å². The summed E-state index contributed by atoms with van der Waals surface area (Å²) in [5.41, 5.74) is 4.10. The molecule has 0 heterocycles. The van der Waals surface area contributed by atoms with E-state index in [-0.39, 0.29) is 12.0 Å². The van der Waals surface area contributed by atoms with Crippen molar-refractivity contribution < 1.29 is 22.3 Å². The highest BCUT2D eigenvalue weighted by atomic mass is 19.2. The monoisotopic (exact) mass is 279 g/mol. The van der Waals surface area contributed by atoms with Crippen LogP contribution in [0.3, 0.4) is 0 Å². The highest BCUT2D eigenvalue weighted by Crippen LogP contribution is 2.30. The molecular formula is C13H17F4NO. The molecule has 0 saturated carbocycles. The Kier molecular flexibility index (Phi) is 4.79. The van der Waals surface area contributed by atoms with Crippen molar-refractivity contribution in [3.05, 3.63) is 28.8 Å². The lowest BCUT2D eigenvalue weighted by atomic mass is 9.93. The topological polar surface area (TPSA) is 35.2 Å². The lowest BCUT2D eigenvalue weighted by molar-refractivity contribution is 0.220. The summed E-state index contributed by atoms with van der Waals surface area (Å²) in [6.45, 7) is 5.04. The molecule has 0 radical (unpaired) electrons. The van der Waals surface area contributed by atoms with Gasteiger partial charge in [-0.3, -0.25) is 0 Å². The first-order valence-electron chi connectivity index (χ1n) is 5.86. The van der Waals surface area contributed by atoms with Crippen LogP contribution in [-0.2, 0) is 6.54 Å². The van der Waals surface area contributed by atoms with Gasteiger partial charge in [-0.05, 0) is 11.8 Å². The lowest BCUT2D eigenvalue weighted by Crippen LogP contribution is -2.15. The van der Waals surface area contributed by atoms with Crippen molar-refractivity contribution in [2.45, 2.75) is 33.7 Å². The molecule has 1 rings (SSSR count). The predicted molar refractivity (Wildman–Crippen MR) is 63.7 cm³/mol. The van der Waals surface area contributed by atoms with E-state index in [2.05, 4.69) is 0 Å². The van der Waals surface area contributed by atoms with Crippen molar-refractivity contribution in [3.8, 4) is 5.75 Å². The molecule has 0 fully saturated rings. The van der Waals surface area contributed by atoms with Gasteiger partial charge in [-0.15, -0.1) is 0 Å². The van der Waals surface area contributed by atoms with E-state index in [1.54, 1.807) is 0 Å². The fourth-order valence-electron chi connectivity index (χ4n) is 1.42. The van der Waals surface area contributed by atoms with E-state index in [4.69, 9.17) is 10.5 Å². The minimum Gasteiger partial charge on any atom is -0.487 e. The van der Waals surface area contributed by atoms with Gasteiger partial charge in [0.25, 0.3) is 0 Å². The summed E-state index contributed by atoms with van der Waals surface area (Å²) in [6, 6.07) is 0. The maximum Gasteiger partial charge on any atom is 0.204 e. The fourth-order valence-corrected chi connectivity index (χ4v) is 1.42. The third-order valence-electron chi connectivity index (χ3n) is 2.62. The molecule has 1 aromatic carbocycles. The first kappa shape index (κ1) is 15.8. The molecule has 0 atom stereocenters. The van der Waals surface area contributed by atoms with Crippen LogP contribution in [-0.4, -0.2) is 6.61 Å². The van der Waals surface area contributed by atoms with Gasteiger partial charge in [-0.25, -0.2) is 8.78 Å². The predicted octanol–water partition coefficient (Wildman–Crippen LogP) is 3.52. The summed E-state index contributed by atoms with van der Waals surface area (Å²) < 4.78 is 58.8. The van der Waals surface area contributed by atoms with Crippen LogP contribution in [0.2, 0.25) is 0 Å². The zero-order valence-corrected chi connectivity index (χ0v) is 11.1. The fraction of sp³-hybridized carbons (Fsp3) is 0.538. The van der Waals surface area contributed by atoms with Crippen LogP contribution in [0, 0.1) is 28.7 Å². The second kappa shape index (κ2) is 5.77. The van der Waals surface area contributed by atoms with Crippen molar-refractivity contribution in [2.75, 3.05) is 6.61 Å². The summed E-state index contributed by atoms with van der Waals surface area (Å²) in [7, 11) is 0. The van der Waals surface area contributed by atoms with Gasteiger partial charge in [0.05, 0.1) is 6.61 Å². The van der Waals surface area contributed by atoms with E-state index < -0.39 is 41.1 Å². The zero-order chi connectivity index (χ0) is 14.8. The molecule has 0 spiro atoms. The van der Waals surface area contributed by atoms with Crippen LogP contribution in [0.1, 0.15) is 32.8 Å². The molecule has 0 aromatic heterocycles. The minimum absolute atomic E-state index is 0.0435. The quantitative estimate of drug-likeness (QED) is 0.676. The Morgan fingerprint density at radius 3 is 1.79 bits per heavy atom. The van der Waals surface area contributed by atoms with E-state index in [9.17, 15) is 17.6 Å². The second-order valence-electron chi connectivity index (χ2n) is 5.43. The van der Waals surface area contributed by atoms with Crippen molar-refractivity contribution in [1.29, 1.82) is 0 Å². The number of ether oxygens (including phenoxy) is 1. The lowest BCUT2D eigenvalue weighted by Gasteiger charge is -2.19. The number of nitrogens with two attached hydrogens (primary N) is 1. The normalized spacial score (nSPS) is 11.8. The molecule has 0 aliphatic rings. The highest BCUT2D eigenvalue weighted by molar-refractivity contribution is 5.34. The molecule has 0 unspecified atom stereocenters. The first-order valence-corrected chi connectivity index (χ1v) is 5.86. The van der Waals surface area contributed by atoms with Crippen molar-refractivity contribution in [2.24, 2.45) is 11.1 Å². The largest absolute Gasteiger partial charge is 0.487 e. The van der Waals surface area contributed by atoms with E-state index in [1.807, 2.05) is 20.8 Å². The van der Waals surface area contributed by atoms with Crippen LogP contribution < -0.4 is 10.5 Å². The second-order valence-corrected chi connectivity index (χ2v) is 5.43. The first-order chi connectivity index (χ1) is 8.69. The Morgan fingerprint density at radius 2 is 1.42 bits per heavy atom. The maximum absolute atomic E-state index is 13.5. The van der Waals surface area contributed by atoms with E-state index in [1.165, 1.54) is 0 Å². The minimum atomic E-state index is -1.55. The standard InChI is InChI=1S/C13H17F4NO/c1-13(2,3)4-5-19-12-10(16)8(14)7(6-18)9(15)11(12)17/h4-6,18H2,1-3H3. The average molecular weight is 279 g/mol. The maximum atomic E-state index is 13.5. The van der Waals surface area contributed by atoms with Crippen molar-refractivity contribution in [3.63, 3.8) is 0 Å². The van der Waals surface area contributed by atoms with Crippen LogP contribution >= 0.6 is 0 Å². The van der Waals surface area contributed by atoms with E-state index in [0.29, 0.717) is 6.42 Å². The molecule has 6 heteroatoms. The SMILES string of the molecule is CC(C)(C)CCOc1c(F)c(F)c(CN)c(F)c1F. The number of halogens is 4. The Hall–Kier alpha value is -1.30. The molecule has 0 aliphatic carbocycles. The average Bonchev–Trinajstić information content (AvgIpc) is 2.30. The molecule has 0 aliphatic heterocycles. The van der Waals surface area contributed by atoms with Gasteiger partial charge in [0, 0.05) is 12.1 Å². The molecule has 2 N–H and O–H groups in total. The molecule has 1 aromatic rings. The van der Waals surface area contributed by atoms with Gasteiger partial charge in [0.2, 0.25) is 11.6 Å². The molecular weight excluding hydrogens is 262 g/mol. The van der Waals surface area contributed by atoms with Crippen molar-refractivity contribution >= 4 is 0 Å². The Morgan fingerprint density at radius 1 is 0.947 bits per heavy atom. The van der Waals surface area contributed by atoms with Gasteiger partial charge < -0.3 is 10.5 Å². The summed E-state index contributed by atoms with van der Waals surface area (Å²) in [6.07, 6.45) is 0.480. The van der Waals surface area contributed by atoms with Crippen LogP contribution in [0.25, 0.3) is 0 Å². The van der Waals surface area contributed by atoms with Gasteiger partial charge in [-0.2, -0.15) is 8.78 Å². The molecule has 19 heavy (non-hydrogen) atoms. The number of hydrogen-bond acceptors (Lipinski definition) is 2. The zero-order valence-electron chi connectivity index (χ0n) is 11.1. The number of hydrogen-bond donors (Lipinski definition) is 1. The van der Waals surface area contributed by atoms with Crippen LogP contribution in [0.15, 0.2) is 0 Å². The Labute approximate surface area is 109 Å². The smallest absolute Gasteiger partial charge is 0.204 e. The summed E-state index contributed by atoms with van der Waals surface area (Å²) in [5, 5.41) is 0. The Balaban J connectivity index is 3.02. The summed E-state index contributed by atoms with van der Waals surface area (Å²) in [5.74, 6) is -7.14. The third kappa shape index (κ3) is 3.59.